The van der Waals surface area contributed by atoms with Gasteiger partial charge in [-0.3, -0.25) is 0 Å². The second-order valence-corrected chi connectivity index (χ2v) is 4.62. The second kappa shape index (κ2) is 7.45. The van der Waals surface area contributed by atoms with E-state index < -0.39 is 5.60 Å². The number of nitrogens with zero attached hydrogens (tertiary/aromatic N) is 2. The Balaban J connectivity index is 2.01. The van der Waals surface area contributed by atoms with Gasteiger partial charge in [0.05, 0.1) is 11.9 Å². The largest absolute Gasteiger partial charge is 0.389 e. The van der Waals surface area contributed by atoms with Gasteiger partial charge in [0, 0.05) is 25.5 Å². The molecule has 0 aliphatic rings. The average Bonchev–Trinajstić information content (AvgIpc) is 2.86. The van der Waals surface area contributed by atoms with Crippen LogP contribution in [0.5, 0.6) is 0 Å². The fraction of sp³-hybridized carbons (Fsp3) is 0.769. The Kier molecular flexibility index (Phi) is 6.22. The minimum Gasteiger partial charge on any atom is -0.389 e. The van der Waals surface area contributed by atoms with Gasteiger partial charge in [0.2, 0.25) is 0 Å². The zero-order valence-corrected chi connectivity index (χ0v) is 11.0. The molecule has 0 spiro atoms. The summed E-state index contributed by atoms with van der Waals surface area (Å²) in [4.78, 5) is 4.01. The Bertz CT molecular complexity index is 281. The maximum Gasteiger partial charge on any atom is 0.0945 e. The molecule has 0 bridgehead atoms. The van der Waals surface area contributed by atoms with Gasteiger partial charge in [-0.1, -0.05) is 13.8 Å². The van der Waals surface area contributed by atoms with E-state index in [0.717, 1.165) is 38.8 Å². The molecule has 0 aromatic carbocycles. The molecule has 98 valence electrons. The number of nitrogens with one attached hydrogen (secondary N) is 1. The van der Waals surface area contributed by atoms with Crippen molar-refractivity contribution in [1.29, 1.82) is 0 Å². The standard InChI is InChI=1S/C13H25N3O/c1-3-13(17,4-2)11-14-7-5-6-9-16-10-8-15-12-16/h8,10,12,14,17H,3-7,9,11H2,1-2H3. The number of aryl methyl sites for hydroxylation is 1. The summed E-state index contributed by atoms with van der Waals surface area (Å²) in [7, 11) is 0. The normalized spacial score (nSPS) is 11.9. The Morgan fingerprint density at radius 1 is 1.29 bits per heavy atom. The minimum atomic E-state index is -0.523. The van der Waals surface area contributed by atoms with Crippen LogP contribution in [-0.4, -0.2) is 33.3 Å². The van der Waals surface area contributed by atoms with Gasteiger partial charge in [0.25, 0.3) is 0 Å². The number of aromatic nitrogens is 2. The molecular weight excluding hydrogens is 214 g/mol. The molecule has 0 aliphatic carbocycles. The van der Waals surface area contributed by atoms with E-state index in [1.165, 1.54) is 0 Å². The van der Waals surface area contributed by atoms with Crippen molar-refractivity contribution in [3.8, 4) is 0 Å². The minimum absolute atomic E-state index is 0.523. The molecule has 2 N–H and O–H groups in total. The fourth-order valence-corrected chi connectivity index (χ4v) is 1.78. The lowest BCUT2D eigenvalue weighted by molar-refractivity contribution is 0.0327. The van der Waals surface area contributed by atoms with Crippen molar-refractivity contribution in [2.45, 2.75) is 51.7 Å². The maximum absolute atomic E-state index is 10.1. The molecule has 17 heavy (non-hydrogen) atoms. The molecule has 1 aromatic rings. The Morgan fingerprint density at radius 3 is 2.65 bits per heavy atom. The van der Waals surface area contributed by atoms with Gasteiger partial charge in [-0.25, -0.2) is 4.98 Å². The fourth-order valence-electron chi connectivity index (χ4n) is 1.78. The molecule has 0 unspecified atom stereocenters. The van der Waals surface area contributed by atoms with Gasteiger partial charge in [0.1, 0.15) is 0 Å². The number of aliphatic hydroxyl groups is 1. The van der Waals surface area contributed by atoms with E-state index in [4.69, 9.17) is 0 Å². The Morgan fingerprint density at radius 2 is 2.06 bits per heavy atom. The third-order valence-electron chi connectivity index (χ3n) is 3.35. The highest BCUT2D eigenvalue weighted by Crippen LogP contribution is 2.12. The quantitative estimate of drug-likeness (QED) is 0.646. The lowest BCUT2D eigenvalue weighted by Gasteiger charge is -2.25. The van der Waals surface area contributed by atoms with Crippen molar-refractivity contribution < 1.29 is 5.11 Å². The van der Waals surface area contributed by atoms with Gasteiger partial charge < -0.3 is 15.0 Å². The monoisotopic (exact) mass is 239 g/mol. The molecular formula is C13H25N3O. The lowest BCUT2D eigenvalue weighted by Crippen LogP contribution is -2.39. The molecule has 0 saturated heterocycles. The van der Waals surface area contributed by atoms with Crippen LogP contribution in [0.15, 0.2) is 18.7 Å². The number of imidazole rings is 1. The number of rotatable bonds is 9. The number of hydrogen-bond acceptors (Lipinski definition) is 3. The molecule has 1 rings (SSSR count). The Hall–Kier alpha value is -0.870. The first kappa shape index (κ1) is 14.2. The molecule has 0 radical (unpaired) electrons. The van der Waals surface area contributed by atoms with E-state index >= 15 is 0 Å². The maximum atomic E-state index is 10.1. The molecule has 1 heterocycles. The number of unbranched alkanes of at least 4 members (excludes halogenated alkanes) is 1. The van der Waals surface area contributed by atoms with Crippen LogP contribution < -0.4 is 5.32 Å². The summed E-state index contributed by atoms with van der Waals surface area (Å²) in [6.45, 7) is 6.75. The molecule has 0 amide bonds. The van der Waals surface area contributed by atoms with Crippen molar-refractivity contribution in [2.24, 2.45) is 0 Å². The van der Waals surface area contributed by atoms with Crippen molar-refractivity contribution >= 4 is 0 Å². The third kappa shape index (κ3) is 5.33. The summed E-state index contributed by atoms with van der Waals surface area (Å²) in [5, 5.41) is 13.4. The second-order valence-electron chi connectivity index (χ2n) is 4.62. The SMILES string of the molecule is CCC(O)(CC)CNCCCCn1ccnc1. The molecule has 0 fully saturated rings. The molecule has 0 saturated carbocycles. The zero-order valence-electron chi connectivity index (χ0n) is 11.0. The summed E-state index contributed by atoms with van der Waals surface area (Å²) in [5.41, 5.74) is -0.523. The summed E-state index contributed by atoms with van der Waals surface area (Å²) in [5.74, 6) is 0. The summed E-state index contributed by atoms with van der Waals surface area (Å²) < 4.78 is 2.09. The predicted molar refractivity (Wildman–Crippen MR) is 69.9 cm³/mol. The summed E-state index contributed by atoms with van der Waals surface area (Å²) in [6, 6.07) is 0. The lowest BCUT2D eigenvalue weighted by atomic mass is 9.97. The molecule has 1 aromatic heterocycles. The average molecular weight is 239 g/mol. The van der Waals surface area contributed by atoms with Crippen LogP contribution in [0.25, 0.3) is 0 Å². The van der Waals surface area contributed by atoms with E-state index in [9.17, 15) is 5.11 Å². The van der Waals surface area contributed by atoms with E-state index in [0.29, 0.717) is 6.54 Å². The smallest absolute Gasteiger partial charge is 0.0945 e. The third-order valence-corrected chi connectivity index (χ3v) is 3.35. The van der Waals surface area contributed by atoms with E-state index in [2.05, 4.69) is 14.9 Å². The first-order chi connectivity index (χ1) is 8.20. The van der Waals surface area contributed by atoms with Crippen LogP contribution in [0.3, 0.4) is 0 Å². The van der Waals surface area contributed by atoms with Crippen molar-refractivity contribution in [3.05, 3.63) is 18.7 Å². The zero-order chi connectivity index (χ0) is 12.6. The van der Waals surface area contributed by atoms with E-state index in [1.54, 1.807) is 6.20 Å². The van der Waals surface area contributed by atoms with Crippen LogP contribution in [0.2, 0.25) is 0 Å². The van der Waals surface area contributed by atoms with E-state index in [1.807, 2.05) is 26.4 Å². The Labute approximate surface area is 104 Å². The van der Waals surface area contributed by atoms with Crippen LogP contribution >= 0.6 is 0 Å². The van der Waals surface area contributed by atoms with Gasteiger partial charge in [-0.15, -0.1) is 0 Å². The first-order valence-electron chi connectivity index (χ1n) is 6.59. The van der Waals surface area contributed by atoms with Gasteiger partial charge in [0.15, 0.2) is 0 Å². The van der Waals surface area contributed by atoms with Crippen LogP contribution in [-0.2, 0) is 6.54 Å². The molecule has 4 heteroatoms. The molecule has 0 atom stereocenters. The van der Waals surface area contributed by atoms with Crippen LogP contribution in [0, 0.1) is 0 Å². The predicted octanol–water partition coefficient (Wildman–Crippen LogP) is 1.80. The van der Waals surface area contributed by atoms with Crippen molar-refractivity contribution in [1.82, 2.24) is 14.9 Å². The van der Waals surface area contributed by atoms with Gasteiger partial charge in [-0.05, 0) is 32.2 Å². The topological polar surface area (TPSA) is 50.1 Å². The highest BCUT2D eigenvalue weighted by Gasteiger charge is 2.20. The summed E-state index contributed by atoms with van der Waals surface area (Å²) in [6.07, 6.45) is 9.53. The van der Waals surface area contributed by atoms with Gasteiger partial charge in [-0.2, -0.15) is 0 Å². The first-order valence-corrected chi connectivity index (χ1v) is 6.59. The van der Waals surface area contributed by atoms with Crippen molar-refractivity contribution in [2.75, 3.05) is 13.1 Å². The van der Waals surface area contributed by atoms with Crippen molar-refractivity contribution in [3.63, 3.8) is 0 Å². The number of hydrogen-bond donors (Lipinski definition) is 2. The highest BCUT2D eigenvalue weighted by molar-refractivity contribution is 4.77. The van der Waals surface area contributed by atoms with Crippen LogP contribution in [0.1, 0.15) is 39.5 Å². The molecule has 4 nitrogen and oxygen atoms in total. The van der Waals surface area contributed by atoms with Gasteiger partial charge >= 0.3 is 0 Å². The summed E-state index contributed by atoms with van der Waals surface area (Å²) >= 11 is 0. The molecule has 0 aliphatic heterocycles. The van der Waals surface area contributed by atoms with E-state index in [-0.39, 0.29) is 0 Å². The van der Waals surface area contributed by atoms with Crippen LogP contribution in [0.4, 0.5) is 0 Å². The highest BCUT2D eigenvalue weighted by atomic mass is 16.3.